The van der Waals surface area contributed by atoms with Crippen molar-refractivity contribution in [2.45, 2.75) is 6.42 Å². The first kappa shape index (κ1) is 14.2. The van der Waals surface area contributed by atoms with Crippen LogP contribution in [0.5, 0.6) is 0 Å². The van der Waals surface area contributed by atoms with E-state index < -0.39 is 11.9 Å². The molecule has 0 atom stereocenters. The molecule has 1 rings (SSSR count). The first-order valence-corrected chi connectivity index (χ1v) is 6.39. The molecule has 0 aliphatic carbocycles. The maximum Gasteiger partial charge on any atom is 0.313 e. The molecule has 1 aromatic rings. The molecule has 0 fully saturated rings. The number of carbonyl (C=O) groups excluding carboxylic acids is 2. The molecule has 18 heavy (non-hydrogen) atoms. The van der Waals surface area contributed by atoms with Gasteiger partial charge in [0.05, 0.1) is 17.9 Å². The summed E-state index contributed by atoms with van der Waals surface area (Å²) in [5.74, 6) is -2.03. The Morgan fingerprint density at radius 3 is 2.33 bits per heavy atom. The van der Waals surface area contributed by atoms with Crippen molar-refractivity contribution < 1.29 is 19.5 Å². The Balaban J connectivity index is 2.27. The molecule has 2 amide bonds. The fraction of sp³-hybridized carbons (Fsp3) is 0.250. The summed E-state index contributed by atoms with van der Waals surface area (Å²) in [6.07, 6.45) is 0.135. The van der Waals surface area contributed by atoms with Crippen molar-refractivity contribution in [3.8, 4) is 0 Å². The second-order valence-electron chi connectivity index (χ2n) is 3.52. The molecule has 0 aromatic heterocycles. The first-order valence-electron chi connectivity index (χ1n) is 5.24. The highest BCUT2D eigenvalue weighted by Crippen LogP contribution is 2.00. The van der Waals surface area contributed by atoms with Crippen molar-refractivity contribution in [1.29, 1.82) is 0 Å². The lowest BCUT2D eigenvalue weighted by Crippen LogP contribution is -2.33. The van der Waals surface area contributed by atoms with E-state index in [-0.39, 0.29) is 23.8 Å². The quantitative estimate of drug-likeness (QED) is 0.792. The van der Waals surface area contributed by atoms with Gasteiger partial charge in [0.15, 0.2) is 0 Å². The molecule has 0 aliphatic rings. The number of carboxylic acid groups (broad SMARTS) is 1. The van der Waals surface area contributed by atoms with Crippen molar-refractivity contribution in [3.63, 3.8) is 0 Å². The van der Waals surface area contributed by atoms with Crippen LogP contribution < -0.4 is 5.32 Å². The van der Waals surface area contributed by atoms with Gasteiger partial charge < -0.3 is 5.11 Å². The normalized spacial score (nSPS) is 9.78. The van der Waals surface area contributed by atoms with Gasteiger partial charge in [-0.1, -0.05) is 30.3 Å². The first-order chi connectivity index (χ1) is 8.58. The topological polar surface area (TPSA) is 83.5 Å². The van der Waals surface area contributed by atoms with Crippen LogP contribution in [0.2, 0.25) is 0 Å². The maximum atomic E-state index is 11.5. The number of hydrogen-bond acceptors (Lipinski definition) is 4. The van der Waals surface area contributed by atoms with Crippen LogP contribution in [-0.4, -0.2) is 34.4 Å². The van der Waals surface area contributed by atoms with Gasteiger partial charge in [0.2, 0.25) is 11.8 Å². The third-order valence-corrected chi connectivity index (χ3v) is 2.86. The lowest BCUT2D eigenvalue weighted by atomic mass is 10.1. The van der Waals surface area contributed by atoms with Crippen molar-refractivity contribution in [2.75, 3.05) is 11.5 Å². The largest absolute Gasteiger partial charge is 0.481 e. The monoisotopic (exact) mass is 267 g/mol. The van der Waals surface area contributed by atoms with Gasteiger partial charge in [-0.05, 0) is 5.56 Å². The SMILES string of the molecule is O=C(O)CSCC(=O)NC(=O)Cc1ccccc1. The van der Waals surface area contributed by atoms with Gasteiger partial charge in [0.25, 0.3) is 0 Å². The highest BCUT2D eigenvalue weighted by atomic mass is 32.2. The van der Waals surface area contributed by atoms with Crippen LogP contribution in [0.3, 0.4) is 0 Å². The van der Waals surface area contributed by atoms with E-state index in [4.69, 9.17) is 5.11 Å². The van der Waals surface area contributed by atoms with Crippen LogP contribution in [0.15, 0.2) is 30.3 Å². The molecule has 2 N–H and O–H groups in total. The van der Waals surface area contributed by atoms with E-state index in [2.05, 4.69) is 5.32 Å². The van der Waals surface area contributed by atoms with Crippen LogP contribution in [0.25, 0.3) is 0 Å². The summed E-state index contributed by atoms with van der Waals surface area (Å²) in [6, 6.07) is 9.06. The van der Waals surface area contributed by atoms with Gasteiger partial charge in [0.1, 0.15) is 0 Å². The van der Waals surface area contributed by atoms with E-state index in [1.807, 2.05) is 18.2 Å². The lowest BCUT2D eigenvalue weighted by molar-refractivity contribution is -0.134. The number of thioether (sulfide) groups is 1. The molecule has 0 heterocycles. The summed E-state index contributed by atoms with van der Waals surface area (Å²) in [5, 5.41) is 10.6. The predicted molar refractivity (Wildman–Crippen MR) is 68.3 cm³/mol. The number of carbonyl (C=O) groups is 3. The third kappa shape index (κ3) is 6.05. The van der Waals surface area contributed by atoms with Gasteiger partial charge in [-0.15, -0.1) is 11.8 Å². The van der Waals surface area contributed by atoms with Gasteiger partial charge in [-0.25, -0.2) is 0 Å². The van der Waals surface area contributed by atoms with Crippen LogP contribution in [0.4, 0.5) is 0 Å². The highest BCUT2D eigenvalue weighted by molar-refractivity contribution is 8.00. The average molecular weight is 267 g/mol. The molecule has 6 heteroatoms. The molecular weight excluding hydrogens is 254 g/mol. The standard InChI is InChI=1S/C12H13NO4S/c14-10(6-9-4-2-1-3-5-9)13-11(15)7-18-8-12(16)17/h1-5H,6-8H2,(H,16,17)(H,13,14,15). The fourth-order valence-electron chi connectivity index (χ4n) is 1.25. The zero-order valence-corrected chi connectivity index (χ0v) is 10.4. The number of aliphatic carboxylic acids is 1. The molecule has 96 valence electrons. The van der Waals surface area contributed by atoms with Gasteiger partial charge >= 0.3 is 5.97 Å². The average Bonchev–Trinajstić information content (AvgIpc) is 2.29. The fourth-order valence-corrected chi connectivity index (χ4v) is 1.78. The molecule has 1 aromatic carbocycles. The van der Waals surface area contributed by atoms with Crippen LogP contribution in [-0.2, 0) is 20.8 Å². The second kappa shape index (κ2) is 7.50. The smallest absolute Gasteiger partial charge is 0.313 e. The molecule has 0 bridgehead atoms. The van der Waals surface area contributed by atoms with Crippen molar-refractivity contribution in [3.05, 3.63) is 35.9 Å². The van der Waals surface area contributed by atoms with E-state index in [1.54, 1.807) is 12.1 Å². The van der Waals surface area contributed by atoms with E-state index in [1.165, 1.54) is 0 Å². The van der Waals surface area contributed by atoms with Gasteiger partial charge in [-0.2, -0.15) is 0 Å². The number of rotatable bonds is 6. The summed E-state index contributed by atoms with van der Waals surface area (Å²) in [7, 11) is 0. The number of carboxylic acids is 1. The minimum Gasteiger partial charge on any atom is -0.481 e. The zero-order chi connectivity index (χ0) is 13.4. The predicted octanol–water partition coefficient (Wildman–Crippen LogP) is 0.690. The molecule has 0 spiro atoms. The summed E-state index contributed by atoms with van der Waals surface area (Å²) in [4.78, 5) is 33.0. The molecular formula is C12H13NO4S. The summed E-state index contributed by atoms with van der Waals surface area (Å²) < 4.78 is 0. The van der Waals surface area contributed by atoms with Crippen molar-refractivity contribution >= 4 is 29.5 Å². The van der Waals surface area contributed by atoms with Crippen LogP contribution in [0.1, 0.15) is 5.56 Å². The zero-order valence-electron chi connectivity index (χ0n) is 9.59. The maximum absolute atomic E-state index is 11.5. The molecule has 5 nitrogen and oxygen atoms in total. The molecule has 0 radical (unpaired) electrons. The second-order valence-corrected chi connectivity index (χ2v) is 4.51. The molecule has 0 saturated carbocycles. The highest BCUT2D eigenvalue weighted by Gasteiger charge is 2.09. The Morgan fingerprint density at radius 1 is 1.06 bits per heavy atom. The van der Waals surface area contributed by atoms with E-state index in [0.717, 1.165) is 17.3 Å². The Kier molecular flexibility index (Phi) is 5.93. The number of hydrogen-bond donors (Lipinski definition) is 2. The number of amides is 2. The Morgan fingerprint density at radius 2 is 1.72 bits per heavy atom. The van der Waals surface area contributed by atoms with Gasteiger partial charge in [0, 0.05) is 0 Å². The van der Waals surface area contributed by atoms with Crippen molar-refractivity contribution in [2.24, 2.45) is 0 Å². The number of imide groups is 1. The van der Waals surface area contributed by atoms with Crippen molar-refractivity contribution in [1.82, 2.24) is 5.32 Å². The number of benzene rings is 1. The van der Waals surface area contributed by atoms with Crippen LogP contribution in [0, 0.1) is 0 Å². The lowest BCUT2D eigenvalue weighted by Gasteiger charge is -2.03. The Labute approximate surface area is 109 Å². The number of nitrogens with one attached hydrogen (secondary N) is 1. The van der Waals surface area contributed by atoms with Gasteiger partial charge in [-0.3, -0.25) is 19.7 Å². The third-order valence-electron chi connectivity index (χ3n) is 1.95. The minimum absolute atomic E-state index is 0.0349. The minimum atomic E-state index is -0.983. The molecule has 0 saturated heterocycles. The summed E-state index contributed by atoms with van der Waals surface area (Å²) >= 11 is 0.954. The Bertz CT molecular complexity index is 433. The molecule has 0 aliphatic heterocycles. The summed E-state index contributed by atoms with van der Waals surface area (Å²) in [6.45, 7) is 0. The van der Waals surface area contributed by atoms with Crippen LogP contribution >= 0.6 is 11.8 Å². The van der Waals surface area contributed by atoms with E-state index >= 15 is 0 Å². The Hall–Kier alpha value is -1.82. The molecule has 0 unspecified atom stereocenters. The summed E-state index contributed by atoms with van der Waals surface area (Å²) in [5.41, 5.74) is 0.820. The van der Waals surface area contributed by atoms with E-state index in [9.17, 15) is 14.4 Å². The van der Waals surface area contributed by atoms with E-state index in [0.29, 0.717) is 0 Å².